The van der Waals surface area contributed by atoms with E-state index in [1.165, 1.54) is 13.4 Å². The van der Waals surface area contributed by atoms with E-state index in [-0.39, 0.29) is 18.0 Å². The number of piperidine rings is 1. The molecule has 0 N–H and O–H groups in total. The normalized spacial score (nSPS) is 18.9. The fourth-order valence-corrected chi connectivity index (χ4v) is 4.06. The molecule has 0 unspecified atom stereocenters. The number of likely N-dealkylation sites (tertiary alicyclic amines) is 1. The molecule has 1 spiro atoms. The van der Waals surface area contributed by atoms with Crippen molar-refractivity contribution in [3.8, 4) is 0 Å². The number of imide groups is 1. The first kappa shape index (κ1) is 19.2. The Kier molecular flexibility index (Phi) is 4.89. The minimum Gasteiger partial charge on any atom is -0.449 e. The van der Waals surface area contributed by atoms with Gasteiger partial charge in [0.2, 0.25) is 0 Å². The smallest absolute Gasteiger partial charge is 0.409 e. The molecular weight excluding hydrogens is 376 g/mol. The lowest BCUT2D eigenvalue weighted by molar-refractivity contribution is -0.131. The van der Waals surface area contributed by atoms with Gasteiger partial charge in [0.05, 0.1) is 6.61 Å². The topological polar surface area (TPSA) is 96.2 Å². The molecule has 0 aliphatic carbocycles. The third-order valence-electron chi connectivity index (χ3n) is 5.75. The first-order valence-corrected chi connectivity index (χ1v) is 9.85. The minimum absolute atomic E-state index is 0.248. The summed E-state index contributed by atoms with van der Waals surface area (Å²) >= 11 is 0. The van der Waals surface area contributed by atoms with Crippen LogP contribution in [0.4, 0.5) is 15.3 Å². The van der Waals surface area contributed by atoms with Crippen LogP contribution in [0.5, 0.6) is 0 Å². The quantitative estimate of drug-likeness (QED) is 0.578. The van der Waals surface area contributed by atoms with Crippen LogP contribution in [0, 0.1) is 0 Å². The van der Waals surface area contributed by atoms with E-state index in [1.54, 1.807) is 28.0 Å². The van der Waals surface area contributed by atoms with Crippen LogP contribution in [-0.2, 0) is 9.53 Å². The zero-order valence-corrected chi connectivity index (χ0v) is 16.6. The second-order valence-electron chi connectivity index (χ2n) is 7.47. The van der Waals surface area contributed by atoms with Crippen molar-refractivity contribution in [2.45, 2.75) is 38.1 Å². The van der Waals surface area contributed by atoms with E-state index in [1.807, 2.05) is 6.92 Å². The van der Waals surface area contributed by atoms with Crippen molar-refractivity contribution in [2.24, 2.45) is 0 Å². The second-order valence-corrected chi connectivity index (χ2v) is 7.47. The lowest BCUT2D eigenvalue weighted by atomic mass is 9.85. The van der Waals surface area contributed by atoms with Crippen molar-refractivity contribution in [3.63, 3.8) is 0 Å². The summed E-state index contributed by atoms with van der Waals surface area (Å²) < 4.78 is 10.6. The number of fused-ring (bicyclic) bond motifs is 1. The standard InChI is InChI=1S/C20H24N4O5/c1-3-4-11-28-19(27)23-9-7-20(8-10-23)17(25)22(2)18(26)24(20)14-5-6-16-15(12-14)21-13-29-16/h5-6,12-13H,3-4,7-11H2,1-2H3. The van der Waals surface area contributed by atoms with Crippen LogP contribution in [0.3, 0.4) is 0 Å². The largest absolute Gasteiger partial charge is 0.449 e. The maximum Gasteiger partial charge on any atom is 0.409 e. The molecular formula is C20H24N4O5. The number of rotatable bonds is 4. The number of benzene rings is 1. The third kappa shape index (κ3) is 3.10. The molecule has 1 aromatic heterocycles. The molecule has 2 saturated heterocycles. The Balaban J connectivity index is 1.58. The van der Waals surface area contributed by atoms with Gasteiger partial charge in [0.15, 0.2) is 12.0 Å². The van der Waals surface area contributed by atoms with Crippen molar-refractivity contribution in [3.05, 3.63) is 24.6 Å². The summed E-state index contributed by atoms with van der Waals surface area (Å²) in [6.07, 6.45) is 3.44. The number of ether oxygens (including phenoxy) is 1. The second kappa shape index (κ2) is 7.38. The van der Waals surface area contributed by atoms with Gasteiger partial charge in [-0.25, -0.2) is 14.6 Å². The number of hydrogen-bond acceptors (Lipinski definition) is 6. The van der Waals surface area contributed by atoms with Gasteiger partial charge in [0.1, 0.15) is 11.1 Å². The molecule has 4 amide bonds. The molecule has 29 heavy (non-hydrogen) atoms. The average molecular weight is 400 g/mol. The van der Waals surface area contributed by atoms with Crippen molar-refractivity contribution in [2.75, 3.05) is 31.6 Å². The summed E-state index contributed by atoms with van der Waals surface area (Å²) in [5.74, 6) is -0.248. The molecule has 0 radical (unpaired) electrons. The zero-order valence-electron chi connectivity index (χ0n) is 16.6. The number of aromatic nitrogens is 1. The van der Waals surface area contributed by atoms with Crippen LogP contribution in [-0.4, -0.2) is 65.1 Å². The van der Waals surface area contributed by atoms with Crippen LogP contribution >= 0.6 is 0 Å². The Hall–Kier alpha value is -3.10. The lowest BCUT2D eigenvalue weighted by Gasteiger charge is -2.41. The van der Waals surface area contributed by atoms with Gasteiger partial charge in [-0.15, -0.1) is 0 Å². The molecule has 0 saturated carbocycles. The van der Waals surface area contributed by atoms with E-state index in [4.69, 9.17) is 9.15 Å². The van der Waals surface area contributed by atoms with Crippen molar-refractivity contribution < 1.29 is 23.5 Å². The fraction of sp³-hybridized carbons (Fsp3) is 0.500. The number of unbranched alkanes of at least 4 members (excludes halogenated alkanes) is 1. The van der Waals surface area contributed by atoms with Gasteiger partial charge in [0.25, 0.3) is 5.91 Å². The Morgan fingerprint density at radius 2 is 2.03 bits per heavy atom. The monoisotopic (exact) mass is 400 g/mol. The van der Waals surface area contributed by atoms with Gasteiger partial charge >= 0.3 is 12.1 Å². The van der Waals surface area contributed by atoms with Crippen LogP contribution < -0.4 is 4.90 Å². The molecule has 9 nitrogen and oxygen atoms in total. The minimum atomic E-state index is -1.01. The predicted molar refractivity (Wildman–Crippen MR) is 104 cm³/mol. The molecule has 154 valence electrons. The Morgan fingerprint density at radius 3 is 2.76 bits per heavy atom. The lowest BCUT2D eigenvalue weighted by Crippen LogP contribution is -2.57. The molecule has 3 heterocycles. The highest BCUT2D eigenvalue weighted by Crippen LogP contribution is 2.40. The zero-order chi connectivity index (χ0) is 20.6. The van der Waals surface area contributed by atoms with Crippen molar-refractivity contribution >= 4 is 34.8 Å². The Labute approximate surface area is 168 Å². The number of amides is 4. The van der Waals surface area contributed by atoms with Gasteiger partial charge < -0.3 is 14.1 Å². The van der Waals surface area contributed by atoms with Crippen LogP contribution in [0.2, 0.25) is 0 Å². The van der Waals surface area contributed by atoms with Crippen LogP contribution in [0.25, 0.3) is 11.1 Å². The van der Waals surface area contributed by atoms with Crippen LogP contribution in [0.15, 0.2) is 29.0 Å². The van der Waals surface area contributed by atoms with Crippen LogP contribution in [0.1, 0.15) is 32.6 Å². The highest BCUT2D eigenvalue weighted by atomic mass is 16.6. The number of nitrogens with zero attached hydrogens (tertiary/aromatic N) is 4. The molecule has 9 heteroatoms. The summed E-state index contributed by atoms with van der Waals surface area (Å²) in [5, 5.41) is 0. The van der Waals surface area contributed by atoms with E-state index in [9.17, 15) is 14.4 Å². The first-order valence-electron chi connectivity index (χ1n) is 9.85. The van der Waals surface area contributed by atoms with Gasteiger partial charge in [-0.1, -0.05) is 13.3 Å². The van der Waals surface area contributed by atoms with E-state index in [0.29, 0.717) is 49.3 Å². The number of carbonyl (C=O) groups excluding carboxylic acids is 3. The summed E-state index contributed by atoms with van der Waals surface area (Å²) in [6.45, 7) is 3.12. The fourth-order valence-electron chi connectivity index (χ4n) is 4.06. The SMILES string of the molecule is CCCCOC(=O)N1CCC2(CC1)C(=O)N(C)C(=O)N2c1ccc2ocnc2c1. The highest BCUT2D eigenvalue weighted by Gasteiger charge is 2.58. The molecule has 2 fully saturated rings. The van der Waals surface area contributed by atoms with Gasteiger partial charge in [0, 0.05) is 25.8 Å². The van der Waals surface area contributed by atoms with Gasteiger partial charge in [-0.3, -0.25) is 14.6 Å². The predicted octanol–water partition coefficient (Wildman–Crippen LogP) is 3.00. The van der Waals surface area contributed by atoms with E-state index < -0.39 is 5.54 Å². The number of anilines is 1. The molecule has 0 atom stereocenters. The number of likely N-dealkylation sites (N-methyl/N-ethyl adjacent to an activating group) is 1. The summed E-state index contributed by atoms with van der Waals surface area (Å²) in [6, 6.07) is 4.86. The molecule has 2 aliphatic rings. The Bertz CT molecular complexity index is 947. The number of carbonyl (C=O) groups is 3. The molecule has 0 bridgehead atoms. The summed E-state index contributed by atoms with van der Waals surface area (Å²) in [5.41, 5.74) is 0.805. The van der Waals surface area contributed by atoms with Crippen molar-refractivity contribution in [1.82, 2.24) is 14.8 Å². The Morgan fingerprint density at radius 1 is 1.28 bits per heavy atom. The maximum atomic E-state index is 13.1. The van der Waals surface area contributed by atoms with Gasteiger partial charge in [-0.2, -0.15) is 0 Å². The van der Waals surface area contributed by atoms with Gasteiger partial charge in [-0.05, 0) is 37.5 Å². The van der Waals surface area contributed by atoms with E-state index >= 15 is 0 Å². The molecule has 4 rings (SSSR count). The number of oxazole rings is 1. The molecule has 2 aromatic rings. The average Bonchev–Trinajstić information content (AvgIpc) is 3.26. The highest BCUT2D eigenvalue weighted by molar-refractivity contribution is 6.17. The molecule has 2 aliphatic heterocycles. The first-order chi connectivity index (χ1) is 14.0. The number of urea groups is 1. The van der Waals surface area contributed by atoms with E-state index in [0.717, 1.165) is 17.7 Å². The van der Waals surface area contributed by atoms with E-state index in [2.05, 4.69) is 4.98 Å². The summed E-state index contributed by atoms with van der Waals surface area (Å²) in [7, 11) is 1.49. The molecule has 1 aromatic carbocycles. The maximum absolute atomic E-state index is 13.1. The number of hydrogen-bond donors (Lipinski definition) is 0. The van der Waals surface area contributed by atoms with Crippen molar-refractivity contribution in [1.29, 1.82) is 0 Å². The third-order valence-corrected chi connectivity index (χ3v) is 5.75. The summed E-state index contributed by atoms with van der Waals surface area (Å²) in [4.78, 5) is 46.7.